The number of ether oxygens (including phenoxy) is 3. The van der Waals surface area contributed by atoms with Crippen molar-refractivity contribution in [2.45, 2.75) is 45.2 Å². The molecule has 1 aromatic heterocycles. The Morgan fingerprint density at radius 1 is 1.05 bits per heavy atom. The van der Waals surface area contributed by atoms with Crippen molar-refractivity contribution in [3.8, 4) is 17.2 Å². The molecule has 3 heterocycles. The number of hydrogen-bond acceptors (Lipinski definition) is 4. The molecule has 1 N–H and O–H groups in total. The molecule has 0 aliphatic carbocycles. The van der Waals surface area contributed by atoms with E-state index in [0.29, 0.717) is 6.61 Å². The predicted molar refractivity (Wildman–Crippen MR) is 171 cm³/mol. The highest BCUT2D eigenvalue weighted by atomic mass is 19.1. The Morgan fingerprint density at radius 3 is 2.58 bits per heavy atom. The van der Waals surface area contributed by atoms with Gasteiger partial charge in [0.1, 0.15) is 18.2 Å². The first-order valence-corrected chi connectivity index (χ1v) is 15.0. The summed E-state index contributed by atoms with van der Waals surface area (Å²) in [5.41, 5.74) is 9.43. The number of hydrogen-bond donors (Lipinski definition) is 1. The Hall–Kier alpha value is -4.29. The van der Waals surface area contributed by atoms with Gasteiger partial charge in [0.05, 0.1) is 20.3 Å². The summed E-state index contributed by atoms with van der Waals surface area (Å²) in [6.45, 7) is 9.42. The van der Waals surface area contributed by atoms with Crippen LogP contribution in [0.2, 0.25) is 0 Å². The second-order valence-corrected chi connectivity index (χ2v) is 11.4. The standard InChI is InChI=1S/C37H39FN2O3/c1-6-24(7-2)9-8-23(3)22-43-35-18-26-16-17-40-33(29(26)21-34(35)42-5)20-31-30-19-28(41-4)14-15-32(30)39-36(31)37(40)25-10-12-27(38)13-11-25/h6,8-15,18-19,21,33,37,39H,1,7,16-17,20,22H2,2-5H3/b23-8+,24-9+. The van der Waals surface area contributed by atoms with Gasteiger partial charge in [-0.1, -0.05) is 43.9 Å². The summed E-state index contributed by atoms with van der Waals surface area (Å²) in [4.78, 5) is 6.27. The molecule has 4 aromatic rings. The lowest BCUT2D eigenvalue weighted by Crippen LogP contribution is -2.43. The van der Waals surface area contributed by atoms with Crippen LogP contribution < -0.4 is 14.2 Å². The molecule has 0 radical (unpaired) electrons. The predicted octanol–water partition coefficient (Wildman–Crippen LogP) is 8.42. The van der Waals surface area contributed by atoms with Gasteiger partial charge in [0, 0.05) is 29.2 Å². The van der Waals surface area contributed by atoms with E-state index >= 15 is 0 Å². The molecule has 0 amide bonds. The van der Waals surface area contributed by atoms with Gasteiger partial charge >= 0.3 is 0 Å². The van der Waals surface area contributed by atoms with E-state index in [1.807, 2.05) is 24.3 Å². The van der Waals surface area contributed by atoms with Gasteiger partial charge in [0.25, 0.3) is 0 Å². The first kappa shape index (κ1) is 28.8. The van der Waals surface area contributed by atoms with Crippen LogP contribution in [0.15, 0.2) is 90.6 Å². The zero-order valence-corrected chi connectivity index (χ0v) is 25.4. The number of rotatable bonds is 9. The van der Waals surface area contributed by atoms with Crippen molar-refractivity contribution in [3.05, 3.63) is 124 Å². The van der Waals surface area contributed by atoms with Crippen LogP contribution in [0.1, 0.15) is 60.3 Å². The van der Waals surface area contributed by atoms with Crippen LogP contribution in [0.4, 0.5) is 4.39 Å². The molecule has 6 heteroatoms. The van der Waals surface area contributed by atoms with Crippen LogP contribution >= 0.6 is 0 Å². The van der Waals surface area contributed by atoms with Crippen molar-refractivity contribution in [3.63, 3.8) is 0 Å². The van der Waals surface area contributed by atoms with Gasteiger partial charge in [0.2, 0.25) is 0 Å². The highest BCUT2D eigenvalue weighted by molar-refractivity contribution is 5.87. The molecule has 2 aliphatic heterocycles. The minimum atomic E-state index is -0.230. The number of aromatic nitrogens is 1. The van der Waals surface area contributed by atoms with Gasteiger partial charge < -0.3 is 19.2 Å². The smallest absolute Gasteiger partial charge is 0.161 e. The van der Waals surface area contributed by atoms with Gasteiger partial charge in [-0.15, -0.1) is 0 Å². The minimum absolute atomic E-state index is 0.0350. The number of H-pyrrole nitrogens is 1. The van der Waals surface area contributed by atoms with E-state index in [1.54, 1.807) is 26.4 Å². The number of fused-ring (bicyclic) bond motifs is 6. The summed E-state index contributed by atoms with van der Waals surface area (Å²) in [7, 11) is 3.40. The Balaban J connectivity index is 1.39. The highest BCUT2D eigenvalue weighted by Crippen LogP contribution is 2.50. The zero-order valence-electron chi connectivity index (χ0n) is 25.4. The molecule has 0 saturated carbocycles. The molecule has 3 aromatic carbocycles. The monoisotopic (exact) mass is 578 g/mol. The third-order valence-electron chi connectivity index (χ3n) is 8.87. The molecular formula is C37H39FN2O3. The molecular weight excluding hydrogens is 539 g/mol. The lowest BCUT2D eigenvalue weighted by molar-refractivity contribution is 0.127. The molecule has 0 bridgehead atoms. The van der Waals surface area contributed by atoms with Gasteiger partial charge in [-0.3, -0.25) is 4.90 Å². The number of benzene rings is 3. The molecule has 6 rings (SSSR count). The summed E-state index contributed by atoms with van der Waals surface area (Å²) < 4.78 is 31.8. The number of methoxy groups -OCH3 is 2. The topological polar surface area (TPSA) is 46.7 Å². The summed E-state index contributed by atoms with van der Waals surface area (Å²) in [6, 6.07) is 17.5. The van der Waals surface area contributed by atoms with Crippen LogP contribution in [-0.2, 0) is 12.8 Å². The Bertz CT molecular complexity index is 1720. The van der Waals surface area contributed by atoms with Crippen molar-refractivity contribution < 1.29 is 18.6 Å². The Kier molecular flexibility index (Phi) is 8.13. The number of allylic oxidation sites excluding steroid dienone is 4. The van der Waals surface area contributed by atoms with E-state index in [-0.39, 0.29) is 17.9 Å². The highest BCUT2D eigenvalue weighted by Gasteiger charge is 2.41. The van der Waals surface area contributed by atoms with Crippen LogP contribution in [0.25, 0.3) is 10.9 Å². The van der Waals surface area contributed by atoms with Crippen molar-refractivity contribution in [2.24, 2.45) is 0 Å². The fraction of sp³-hybridized carbons (Fsp3) is 0.297. The van der Waals surface area contributed by atoms with Crippen LogP contribution in [0.5, 0.6) is 17.2 Å². The maximum Gasteiger partial charge on any atom is 0.161 e. The lowest BCUT2D eigenvalue weighted by atomic mass is 9.80. The molecule has 0 spiro atoms. The average Bonchev–Trinajstić information content (AvgIpc) is 3.40. The second kappa shape index (κ2) is 12.1. The lowest BCUT2D eigenvalue weighted by Gasteiger charge is -2.46. The summed E-state index contributed by atoms with van der Waals surface area (Å²) in [5.74, 6) is 2.09. The molecule has 43 heavy (non-hydrogen) atoms. The first-order valence-electron chi connectivity index (χ1n) is 15.0. The normalized spacial score (nSPS) is 18.5. The maximum absolute atomic E-state index is 14.0. The van der Waals surface area contributed by atoms with Gasteiger partial charge in [-0.2, -0.15) is 0 Å². The van der Waals surface area contributed by atoms with E-state index in [2.05, 4.69) is 66.7 Å². The molecule has 0 saturated heterocycles. The number of nitrogens with zero attached hydrogens (tertiary/aromatic N) is 1. The van der Waals surface area contributed by atoms with Crippen molar-refractivity contribution >= 4 is 10.9 Å². The third kappa shape index (κ3) is 5.48. The van der Waals surface area contributed by atoms with Crippen molar-refractivity contribution in [1.82, 2.24) is 9.88 Å². The van der Waals surface area contributed by atoms with E-state index in [0.717, 1.165) is 59.7 Å². The largest absolute Gasteiger partial charge is 0.497 e. The van der Waals surface area contributed by atoms with Gasteiger partial charge in [0.15, 0.2) is 11.5 Å². The zero-order chi connectivity index (χ0) is 30.1. The van der Waals surface area contributed by atoms with Crippen molar-refractivity contribution in [1.29, 1.82) is 0 Å². The van der Waals surface area contributed by atoms with E-state index in [9.17, 15) is 4.39 Å². The van der Waals surface area contributed by atoms with E-state index in [1.165, 1.54) is 33.3 Å². The SMILES string of the molecule is C=C/C(=C\C=C(/C)COc1cc2c(cc1OC)C1Cc3c([nH]c4ccc(OC)cc34)C(c3ccc(F)cc3)N1CC2)CC. The first-order chi connectivity index (χ1) is 20.9. The summed E-state index contributed by atoms with van der Waals surface area (Å²) >= 11 is 0. The maximum atomic E-state index is 14.0. The van der Waals surface area contributed by atoms with Crippen LogP contribution in [-0.4, -0.2) is 37.3 Å². The van der Waals surface area contributed by atoms with Crippen LogP contribution in [0.3, 0.4) is 0 Å². The molecule has 2 unspecified atom stereocenters. The quantitative estimate of drug-likeness (QED) is 0.203. The van der Waals surface area contributed by atoms with E-state index in [4.69, 9.17) is 14.2 Å². The summed E-state index contributed by atoms with van der Waals surface area (Å²) in [5, 5.41) is 1.17. The Morgan fingerprint density at radius 2 is 1.86 bits per heavy atom. The van der Waals surface area contributed by atoms with Gasteiger partial charge in [-0.05, 0) is 102 Å². The molecule has 0 fully saturated rings. The number of aromatic amines is 1. The van der Waals surface area contributed by atoms with Crippen LogP contribution in [0, 0.1) is 5.82 Å². The van der Waals surface area contributed by atoms with Gasteiger partial charge in [-0.25, -0.2) is 4.39 Å². The molecule has 5 nitrogen and oxygen atoms in total. The number of nitrogens with one attached hydrogen (secondary N) is 1. The second-order valence-electron chi connectivity index (χ2n) is 11.4. The fourth-order valence-corrected chi connectivity index (χ4v) is 6.55. The van der Waals surface area contributed by atoms with E-state index < -0.39 is 0 Å². The fourth-order valence-electron chi connectivity index (χ4n) is 6.55. The summed E-state index contributed by atoms with van der Waals surface area (Å²) in [6.07, 6.45) is 8.74. The minimum Gasteiger partial charge on any atom is -0.497 e. The van der Waals surface area contributed by atoms with Crippen molar-refractivity contribution in [2.75, 3.05) is 27.4 Å². The number of halogens is 1. The molecule has 2 atom stereocenters. The molecule has 2 aliphatic rings. The molecule has 222 valence electrons. The third-order valence-corrected chi connectivity index (χ3v) is 8.87. The Labute approximate surface area is 253 Å². The average molecular weight is 579 g/mol.